The number of aromatic nitrogens is 4. The fraction of sp³-hybridized carbons (Fsp3) is 0.632. The van der Waals surface area contributed by atoms with E-state index in [0.717, 1.165) is 77.1 Å². The van der Waals surface area contributed by atoms with Crippen LogP contribution in [0.15, 0.2) is 24.7 Å². The minimum absolute atomic E-state index is 0.473. The third-order valence-corrected chi connectivity index (χ3v) is 5.28. The highest BCUT2D eigenvalue weighted by atomic mass is 16.5. The Hall–Kier alpha value is -2.19. The molecular weight excluding hydrogens is 342 g/mol. The number of hydrogen-bond acceptors (Lipinski definition) is 7. The quantitative estimate of drug-likeness (QED) is 0.823. The van der Waals surface area contributed by atoms with Gasteiger partial charge in [0.25, 0.3) is 0 Å². The van der Waals surface area contributed by atoms with Gasteiger partial charge in [0.15, 0.2) is 0 Å². The van der Waals surface area contributed by atoms with Crippen molar-refractivity contribution in [1.29, 1.82) is 0 Å². The molecule has 2 saturated heterocycles. The molecule has 0 saturated carbocycles. The molecular formula is C19H29N7O. The summed E-state index contributed by atoms with van der Waals surface area (Å²) in [4.78, 5) is 13.8. The van der Waals surface area contributed by atoms with Crippen molar-refractivity contribution in [2.24, 2.45) is 0 Å². The number of morpholine rings is 1. The second kappa shape index (κ2) is 8.67. The maximum Gasteiger partial charge on any atom is 0.227 e. The SMILES string of the molecule is Cc1cnn(CCN2CCC(Nc3ccnc(N4CCOCC4)n3)CC2)c1. The van der Waals surface area contributed by atoms with Gasteiger partial charge in [-0.1, -0.05) is 0 Å². The van der Waals surface area contributed by atoms with E-state index in [9.17, 15) is 0 Å². The Bertz CT molecular complexity index is 720. The lowest BCUT2D eigenvalue weighted by molar-refractivity contribution is 0.122. The first-order chi connectivity index (χ1) is 13.3. The smallest absolute Gasteiger partial charge is 0.227 e. The number of nitrogens with one attached hydrogen (secondary N) is 1. The first-order valence-corrected chi connectivity index (χ1v) is 9.90. The van der Waals surface area contributed by atoms with Crippen molar-refractivity contribution in [2.75, 3.05) is 56.2 Å². The monoisotopic (exact) mass is 371 g/mol. The number of likely N-dealkylation sites (tertiary alicyclic amines) is 1. The van der Waals surface area contributed by atoms with Crippen LogP contribution in [-0.2, 0) is 11.3 Å². The summed E-state index contributed by atoms with van der Waals surface area (Å²) >= 11 is 0. The lowest BCUT2D eigenvalue weighted by Crippen LogP contribution is -2.40. The molecule has 0 spiro atoms. The van der Waals surface area contributed by atoms with Gasteiger partial charge in [-0.15, -0.1) is 0 Å². The van der Waals surface area contributed by atoms with Crippen molar-refractivity contribution in [3.63, 3.8) is 0 Å². The Balaban J connectivity index is 1.24. The average Bonchev–Trinajstić information content (AvgIpc) is 3.14. The van der Waals surface area contributed by atoms with Crippen molar-refractivity contribution in [1.82, 2.24) is 24.6 Å². The maximum absolute atomic E-state index is 5.41. The fourth-order valence-corrected chi connectivity index (χ4v) is 3.69. The molecule has 0 atom stereocenters. The van der Waals surface area contributed by atoms with E-state index >= 15 is 0 Å². The maximum atomic E-state index is 5.41. The van der Waals surface area contributed by atoms with E-state index in [1.54, 1.807) is 0 Å². The molecule has 2 fully saturated rings. The van der Waals surface area contributed by atoms with E-state index in [0.29, 0.717) is 6.04 Å². The lowest BCUT2D eigenvalue weighted by atomic mass is 10.1. The third-order valence-electron chi connectivity index (χ3n) is 5.28. The van der Waals surface area contributed by atoms with Gasteiger partial charge in [0.05, 0.1) is 26.0 Å². The normalized spacial score (nSPS) is 19.4. The van der Waals surface area contributed by atoms with Gasteiger partial charge in [-0.3, -0.25) is 4.68 Å². The molecule has 0 amide bonds. The van der Waals surface area contributed by atoms with Gasteiger partial charge in [0.2, 0.25) is 5.95 Å². The number of ether oxygens (including phenoxy) is 1. The molecule has 2 aromatic heterocycles. The molecule has 2 aromatic rings. The summed E-state index contributed by atoms with van der Waals surface area (Å²) in [5.74, 6) is 1.73. The molecule has 8 heteroatoms. The number of hydrogen-bond donors (Lipinski definition) is 1. The van der Waals surface area contributed by atoms with E-state index in [1.807, 2.05) is 23.1 Å². The van der Waals surface area contributed by atoms with Gasteiger partial charge in [-0.25, -0.2) is 4.98 Å². The van der Waals surface area contributed by atoms with Gasteiger partial charge in [0, 0.05) is 51.2 Å². The molecule has 4 heterocycles. The molecule has 0 aromatic carbocycles. The van der Waals surface area contributed by atoms with Crippen molar-refractivity contribution < 1.29 is 4.74 Å². The third kappa shape index (κ3) is 4.95. The molecule has 2 aliphatic heterocycles. The molecule has 1 N–H and O–H groups in total. The number of aryl methyl sites for hydroxylation is 1. The first kappa shape index (κ1) is 18.2. The summed E-state index contributed by atoms with van der Waals surface area (Å²) in [6, 6.07) is 2.44. The Morgan fingerprint density at radius 3 is 2.70 bits per heavy atom. The van der Waals surface area contributed by atoms with Crippen LogP contribution in [0.4, 0.5) is 11.8 Å². The van der Waals surface area contributed by atoms with Gasteiger partial charge in [-0.2, -0.15) is 10.1 Å². The Labute approximate surface area is 160 Å². The summed E-state index contributed by atoms with van der Waals surface area (Å²) in [7, 11) is 0. The molecule has 0 aliphatic carbocycles. The molecule has 2 aliphatic rings. The zero-order chi connectivity index (χ0) is 18.5. The van der Waals surface area contributed by atoms with E-state index in [1.165, 1.54) is 5.56 Å². The van der Waals surface area contributed by atoms with Crippen LogP contribution in [0, 0.1) is 6.92 Å². The number of piperidine rings is 1. The minimum atomic E-state index is 0.473. The molecule has 0 unspecified atom stereocenters. The van der Waals surface area contributed by atoms with Crippen molar-refractivity contribution in [3.05, 3.63) is 30.2 Å². The predicted octanol–water partition coefficient (Wildman–Crippen LogP) is 1.39. The summed E-state index contributed by atoms with van der Waals surface area (Å²) in [6.07, 6.45) is 8.14. The highest BCUT2D eigenvalue weighted by molar-refractivity contribution is 5.42. The minimum Gasteiger partial charge on any atom is -0.378 e. The lowest BCUT2D eigenvalue weighted by Gasteiger charge is -2.32. The van der Waals surface area contributed by atoms with E-state index in [-0.39, 0.29) is 0 Å². The summed E-state index contributed by atoms with van der Waals surface area (Å²) in [6.45, 7) is 9.53. The topological polar surface area (TPSA) is 71.3 Å². The Morgan fingerprint density at radius 2 is 1.96 bits per heavy atom. The van der Waals surface area contributed by atoms with Crippen LogP contribution < -0.4 is 10.2 Å². The van der Waals surface area contributed by atoms with Crippen LogP contribution in [0.1, 0.15) is 18.4 Å². The van der Waals surface area contributed by atoms with Gasteiger partial charge in [0.1, 0.15) is 5.82 Å². The average molecular weight is 371 g/mol. The second-order valence-corrected chi connectivity index (χ2v) is 7.38. The van der Waals surface area contributed by atoms with E-state index in [4.69, 9.17) is 9.72 Å². The molecule has 0 bridgehead atoms. The fourth-order valence-electron chi connectivity index (χ4n) is 3.69. The Kier molecular flexibility index (Phi) is 5.84. The van der Waals surface area contributed by atoms with Crippen LogP contribution in [0.25, 0.3) is 0 Å². The first-order valence-electron chi connectivity index (χ1n) is 9.90. The summed E-state index contributed by atoms with van der Waals surface area (Å²) < 4.78 is 7.44. The zero-order valence-electron chi connectivity index (χ0n) is 16.0. The molecule has 4 rings (SSSR count). The standard InChI is InChI=1S/C19H29N7O/c1-16-14-21-26(15-16)9-8-24-6-3-17(4-7-24)22-18-2-5-20-19(23-18)25-10-12-27-13-11-25/h2,5,14-15,17H,3-4,6-13H2,1H3,(H,20,22,23). The molecule has 0 radical (unpaired) electrons. The highest BCUT2D eigenvalue weighted by Crippen LogP contribution is 2.17. The van der Waals surface area contributed by atoms with Crippen molar-refractivity contribution in [3.8, 4) is 0 Å². The Morgan fingerprint density at radius 1 is 1.15 bits per heavy atom. The molecule has 27 heavy (non-hydrogen) atoms. The largest absolute Gasteiger partial charge is 0.378 e. The van der Waals surface area contributed by atoms with Crippen LogP contribution in [-0.4, -0.2) is 76.6 Å². The summed E-state index contributed by atoms with van der Waals surface area (Å²) in [5, 5.41) is 7.97. The zero-order valence-corrected chi connectivity index (χ0v) is 16.0. The molecule has 146 valence electrons. The van der Waals surface area contributed by atoms with E-state index < -0.39 is 0 Å². The van der Waals surface area contributed by atoms with Gasteiger partial charge in [-0.05, 0) is 31.4 Å². The van der Waals surface area contributed by atoms with E-state index in [2.05, 4.69) is 38.3 Å². The van der Waals surface area contributed by atoms with Crippen LogP contribution in [0.2, 0.25) is 0 Å². The van der Waals surface area contributed by atoms with Crippen LogP contribution in [0.3, 0.4) is 0 Å². The van der Waals surface area contributed by atoms with Gasteiger partial charge < -0.3 is 19.9 Å². The number of anilines is 2. The number of nitrogens with zero attached hydrogens (tertiary/aromatic N) is 6. The van der Waals surface area contributed by atoms with Crippen molar-refractivity contribution in [2.45, 2.75) is 32.4 Å². The number of rotatable bonds is 6. The van der Waals surface area contributed by atoms with Crippen LogP contribution in [0.5, 0.6) is 0 Å². The predicted molar refractivity (Wildman–Crippen MR) is 105 cm³/mol. The van der Waals surface area contributed by atoms with Crippen LogP contribution >= 0.6 is 0 Å². The van der Waals surface area contributed by atoms with Crippen molar-refractivity contribution >= 4 is 11.8 Å². The summed E-state index contributed by atoms with van der Waals surface area (Å²) in [5.41, 5.74) is 1.22. The second-order valence-electron chi connectivity index (χ2n) is 7.38. The van der Waals surface area contributed by atoms with Gasteiger partial charge >= 0.3 is 0 Å². The highest BCUT2D eigenvalue weighted by Gasteiger charge is 2.20. The molecule has 8 nitrogen and oxygen atoms in total.